The van der Waals surface area contributed by atoms with Crippen LogP contribution in [0.1, 0.15) is 58.2 Å². The van der Waals surface area contributed by atoms with Gasteiger partial charge in [0.15, 0.2) is 11.5 Å². The molecule has 1 aliphatic heterocycles. The van der Waals surface area contributed by atoms with Crippen molar-refractivity contribution in [2.24, 2.45) is 5.41 Å². The highest BCUT2D eigenvalue weighted by molar-refractivity contribution is 5.56. The van der Waals surface area contributed by atoms with Gasteiger partial charge in [-0.25, -0.2) is 9.37 Å². The van der Waals surface area contributed by atoms with Crippen LogP contribution in [0.15, 0.2) is 48.7 Å². The topological polar surface area (TPSA) is 39.5 Å². The van der Waals surface area contributed by atoms with Crippen LogP contribution >= 0.6 is 0 Å². The van der Waals surface area contributed by atoms with Crippen molar-refractivity contribution in [3.05, 3.63) is 65.7 Å². The van der Waals surface area contributed by atoms with Gasteiger partial charge in [0, 0.05) is 31.7 Å². The Balaban J connectivity index is 1.63. The minimum atomic E-state index is -0.238. The Morgan fingerprint density at radius 1 is 1.06 bits per heavy atom. The van der Waals surface area contributed by atoms with Gasteiger partial charge in [0.25, 0.3) is 0 Å². The molecule has 0 fully saturated rings. The number of rotatable bonds is 11. The van der Waals surface area contributed by atoms with E-state index in [0.717, 1.165) is 74.0 Å². The molecule has 0 spiro atoms. The summed E-state index contributed by atoms with van der Waals surface area (Å²) in [6, 6.07) is 12.9. The van der Waals surface area contributed by atoms with E-state index >= 15 is 0 Å². The SMILES string of the molecule is CCCCn1c(CN(Cc2ccc3c(c2)OCO3)CC(C)(C)CC)cnc1-c1cccc(F)c1. The summed E-state index contributed by atoms with van der Waals surface area (Å²) < 4.78 is 27.3. The second-order valence-electron chi connectivity index (χ2n) is 9.94. The number of ether oxygens (including phenoxy) is 2. The van der Waals surface area contributed by atoms with E-state index in [1.807, 2.05) is 18.3 Å². The number of nitrogens with zero attached hydrogens (tertiary/aromatic N) is 3. The monoisotopic (exact) mass is 465 g/mol. The quantitative estimate of drug-likeness (QED) is 0.318. The van der Waals surface area contributed by atoms with Gasteiger partial charge in [-0.2, -0.15) is 0 Å². The molecule has 0 N–H and O–H groups in total. The molecule has 1 aromatic heterocycles. The van der Waals surface area contributed by atoms with Gasteiger partial charge in [0.1, 0.15) is 11.6 Å². The molecule has 1 aliphatic rings. The van der Waals surface area contributed by atoms with Crippen molar-refractivity contribution < 1.29 is 13.9 Å². The van der Waals surface area contributed by atoms with Crippen LogP contribution in [-0.4, -0.2) is 27.8 Å². The van der Waals surface area contributed by atoms with Crippen LogP contribution in [0.2, 0.25) is 0 Å². The molecule has 4 rings (SSSR count). The zero-order valence-electron chi connectivity index (χ0n) is 20.8. The lowest BCUT2D eigenvalue weighted by Gasteiger charge is -2.32. The van der Waals surface area contributed by atoms with Gasteiger partial charge >= 0.3 is 0 Å². The molecule has 0 unspecified atom stereocenters. The molecule has 0 atom stereocenters. The Hall–Kier alpha value is -2.86. The van der Waals surface area contributed by atoms with E-state index in [9.17, 15) is 4.39 Å². The number of fused-ring (bicyclic) bond motifs is 1. The standard InChI is InChI=1S/C28H36FN3O2/c1-5-7-13-32-24(16-30-27(32)22-9-8-10-23(29)15-22)18-31(19-28(3,4)6-2)17-21-11-12-25-26(14-21)34-20-33-25/h8-12,14-16H,5-7,13,17-20H2,1-4H3. The van der Waals surface area contributed by atoms with Gasteiger partial charge in [-0.1, -0.05) is 52.3 Å². The number of aromatic nitrogens is 2. The van der Waals surface area contributed by atoms with Crippen molar-refractivity contribution in [1.29, 1.82) is 0 Å². The normalized spacial score (nSPS) is 13.1. The van der Waals surface area contributed by atoms with Crippen LogP contribution in [0.4, 0.5) is 4.39 Å². The third kappa shape index (κ3) is 5.79. The van der Waals surface area contributed by atoms with E-state index in [4.69, 9.17) is 14.5 Å². The van der Waals surface area contributed by atoms with Crippen LogP contribution in [0, 0.1) is 11.2 Å². The summed E-state index contributed by atoms with van der Waals surface area (Å²) in [5.74, 6) is 2.22. The van der Waals surface area contributed by atoms with E-state index in [1.165, 1.54) is 11.6 Å². The molecule has 0 bridgehead atoms. The fourth-order valence-electron chi connectivity index (χ4n) is 4.37. The largest absolute Gasteiger partial charge is 0.454 e. The Morgan fingerprint density at radius 2 is 1.88 bits per heavy atom. The summed E-state index contributed by atoms with van der Waals surface area (Å²) in [7, 11) is 0. The molecule has 0 saturated heterocycles. The van der Waals surface area contributed by atoms with Gasteiger partial charge < -0.3 is 14.0 Å². The molecule has 182 valence electrons. The minimum absolute atomic E-state index is 0.177. The lowest BCUT2D eigenvalue weighted by Crippen LogP contribution is -2.34. The molecule has 5 nitrogen and oxygen atoms in total. The zero-order chi connectivity index (χ0) is 24.1. The predicted octanol–water partition coefficient (Wildman–Crippen LogP) is 6.66. The molecular formula is C28H36FN3O2. The van der Waals surface area contributed by atoms with Crippen LogP contribution in [0.25, 0.3) is 11.4 Å². The summed E-state index contributed by atoms with van der Waals surface area (Å²) in [5, 5.41) is 0. The maximum Gasteiger partial charge on any atom is 0.231 e. The molecule has 2 heterocycles. The number of benzene rings is 2. The summed E-state index contributed by atoms with van der Waals surface area (Å²) in [6.45, 7) is 12.7. The smallest absolute Gasteiger partial charge is 0.231 e. The third-order valence-electron chi connectivity index (χ3n) is 6.59. The van der Waals surface area contributed by atoms with E-state index < -0.39 is 0 Å². The number of hydrogen-bond donors (Lipinski definition) is 0. The number of hydrogen-bond acceptors (Lipinski definition) is 4. The van der Waals surface area contributed by atoms with E-state index in [1.54, 1.807) is 12.1 Å². The fraction of sp³-hybridized carbons (Fsp3) is 0.464. The van der Waals surface area contributed by atoms with Crippen molar-refractivity contribution >= 4 is 0 Å². The Morgan fingerprint density at radius 3 is 2.65 bits per heavy atom. The molecule has 34 heavy (non-hydrogen) atoms. The van der Waals surface area contributed by atoms with Gasteiger partial charge in [0.05, 0.1) is 11.9 Å². The number of halogens is 1. The molecule has 0 aliphatic carbocycles. The maximum absolute atomic E-state index is 14.0. The summed E-state index contributed by atoms with van der Waals surface area (Å²) >= 11 is 0. The van der Waals surface area contributed by atoms with Crippen molar-refractivity contribution in [1.82, 2.24) is 14.5 Å². The van der Waals surface area contributed by atoms with Gasteiger partial charge in [-0.05, 0) is 48.1 Å². The van der Waals surface area contributed by atoms with Crippen LogP contribution in [0.3, 0.4) is 0 Å². The van der Waals surface area contributed by atoms with E-state index in [2.05, 4.69) is 49.3 Å². The van der Waals surface area contributed by atoms with Crippen molar-refractivity contribution in [3.8, 4) is 22.9 Å². The van der Waals surface area contributed by atoms with Crippen LogP contribution < -0.4 is 9.47 Å². The van der Waals surface area contributed by atoms with Crippen molar-refractivity contribution in [2.75, 3.05) is 13.3 Å². The van der Waals surface area contributed by atoms with Gasteiger partial charge in [-0.3, -0.25) is 4.90 Å². The fourth-order valence-corrected chi connectivity index (χ4v) is 4.37. The van der Waals surface area contributed by atoms with Gasteiger partial charge in [0.2, 0.25) is 6.79 Å². The second kappa shape index (κ2) is 10.6. The first-order chi connectivity index (χ1) is 16.4. The Kier molecular flexibility index (Phi) is 7.57. The van der Waals surface area contributed by atoms with Crippen molar-refractivity contribution in [3.63, 3.8) is 0 Å². The highest BCUT2D eigenvalue weighted by Gasteiger charge is 2.23. The minimum Gasteiger partial charge on any atom is -0.454 e. The highest BCUT2D eigenvalue weighted by Crippen LogP contribution is 2.33. The van der Waals surface area contributed by atoms with Gasteiger partial charge in [-0.15, -0.1) is 0 Å². The molecule has 0 amide bonds. The summed E-state index contributed by atoms with van der Waals surface area (Å²) in [5.41, 5.74) is 3.34. The third-order valence-corrected chi connectivity index (χ3v) is 6.59. The lowest BCUT2D eigenvalue weighted by molar-refractivity contribution is 0.156. The van der Waals surface area contributed by atoms with E-state index in [-0.39, 0.29) is 18.0 Å². The average molecular weight is 466 g/mol. The molecule has 0 saturated carbocycles. The average Bonchev–Trinajstić information content (AvgIpc) is 3.44. The highest BCUT2D eigenvalue weighted by atomic mass is 19.1. The number of imidazole rings is 1. The second-order valence-corrected chi connectivity index (χ2v) is 9.94. The Bertz CT molecular complexity index is 1110. The zero-order valence-corrected chi connectivity index (χ0v) is 20.8. The number of unbranched alkanes of at least 4 members (excludes halogenated alkanes) is 1. The first-order valence-corrected chi connectivity index (χ1v) is 12.3. The van der Waals surface area contributed by atoms with Crippen molar-refractivity contribution in [2.45, 2.75) is 66.6 Å². The first-order valence-electron chi connectivity index (χ1n) is 12.3. The predicted molar refractivity (Wildman–Crippen MR) is 133 cm³/mol. The molecule has 6 heteroatoms. The first kappa shape index (κ1) is 24.3. The van der Waals surface area contributed by atoms with E-state index in [0.29, 0.717) is 0 Å². The molecule has 2 aromatic carbocycles. The lowest BCUT2D eigenvalue weighted by atomic mass is 9.89. The molecule has 3 aromatic rings. The molecule has 0 radical (unpaired) electrons. The summed E-state index contributed by atoms with van der Waals surface area (Å²) in [6.07, 6.45) is 5.19. The van der Waals surface area contributed by atoms with Crippen LogP contribution in [0.5, 0.6) is 11.5 Å². The Labute approximate surface area is 202 Å². The maximum atomic E-state index is 14.0. The van der Waals surface area contributed by atoms with Crippen LogP contribution in [-0.2, 0) is 19.6 Å². The summed E-state index contributed by atoms with van der Waals surface area (Å²) in [4.78, 5) is 7.22. The molecular weight excluding hydrogens is 429 g/mol.